The number of pyridine rings is 1. The van der Waals surface area contributed by atoms with E-state index in [2.05, 4.69) is 36.2 Å². The molecular weight excluding hydrogens is 198 g/mol. The van der Waals surface area contributed by atoms with E-state index < -0.39 is 0 Å². The van der Waals surface area contributed by atoms with Crippen LogP contribution in [0.4, 0.5) is 0 Å². The van der Waals surface area contributed by atoms with Gasteiger partial charge in [0.2, 0.25) is 11.2 Å². The molecule has 16 heavy (non-hydrogen) atoms. The van der Waals surface area contributed by atoms with Crippen molar-refractivity contribution < 1.29 is 9.40 Å². The van der Waals surface area contributed by atoms with Crippen molar-refractivity contribution in [1.29, 1.82) is 0 Å². The van der Waals surface area contributed by atoms with Crippen LogP contribution in [0.25, 0.3) is 22.4 Å². The highest BCUT2D eigenvalue weighted by Gasteiger charge is 2.12. The maximum Gasteiger partial charge on any atom is 0.247 e. The van der Waals surface area contributed by atoms with Crippen molar-refractivity contribution in [3.63, 3.8) is 0 Å². The molecule has 0 saturated carbocycles. The summed E-state index contributed by atoms with van der Waals surface area (Å²) in [7, 11) is 0. The number of aromatic amines is 1. The van der Waals surface area contributed by atoms with Gasteiger partial charge in [0.25, 0.3) is 0 Å². The summed E-state index contributed by atoms with van der Waals surface area (Å²) in [4.78, 5) is 3.38. The fraction of sp³-hybridized carbons (Fsp3) is 0.0714. The average molecular weight is 210 g/mol. The summed E-state index contributed by atoms with van der Waals surface area (Å²) in [5.74, 6) is 0.869. The highest BCUT2D eigenvalue weighted by molar-refractivity contribution is 5.80. The summed E-state index contributed by atoms with van der Waals surface area (Å²) in [5, 5.41) is 1.25. The number of nitrogens with one attached hydrogen (secondary N) is 1. The first kappa shape index (κ1) is 9.16. The third-order valence-corrected chi connectivity index (χ3v) is 2.77. The number of hydrogen-bond acceptors (Lipinski definition) is 1. The second kappa shape index (κ2) is 3.49. The van der Waals surface area contributed by atoms with Crippen LogP contribution in [0.2, 0.25) is 0 Å². The smallest absolute Gasteiger partial charge is 0.247 e. The Morgan fingerprint density at radius 1 is 1.06 bits per heavy atom. The molecule has 3 rings (SSSR count). The zero-order chi connectivity index (χ0) is 11.0. The van der Waals surface area contributed by atoms with Crippen LogP contribution in [0.15, 0.2) is 53.1 Å². The SMILES string of the molecule is Cc1cc(-c2ccco2)[nH+]c2ccccc12. The number of hydrogen-bond donors (Lipinski definition) is 0. The van der Waals surface area contributed by atoms with Gasteiger partial charge in [0.1, 0.15) is 0 Å². The van der Waals surface area contributed by atoms with Gasteiger partial charge < -0.3 is 4.42 Å². The maximum absolute atomic E-state index is 5.39. The van der Waals surface area contributed by atoms with Crippen molar-refractivity contribution in [2.45, 2.75) is 6.92 Å². The monoisotopic (exact) mass is 210 g/mol. The van der Waals surface area contributed by atoms with E-state index in [1.54, 1.807) is 6.26 Å². The van der Waals surface area contributed by atoms with Crippen molar-refractivity contribution in [2.24, 2.45) is 0 Å². The first-order valence-electron chi connectivity index (χ1n) is 5.30. The van der Waals surface area contributed by atoms with E-state index in [0.717, 1.165) is 17.0 Å². The predicted octanol–water partition coefficient (Wildman–Crippen LogP) is 3.22. The van der Waals surface area contributed by atoms with Gasteiger partial charge in [-0.2, -0.15) is 0 Å². The molecule has 0 unspecified atom stereocenters. The predicted molar refractivity (Wildman–Crippen MR) is 62.9 cm³/mol. The lowest BCUT2D eigenvalue weighted by molar-refractivity contribution is -0.332. The van der Waals surface area contributed by atoms with Crippen LogP contribution in [-0.4, -0.2) is 0 Å². The molecule has 1 N–H and O–H groups in total. The molecule has 0 aliphatic rings. The van der Waals surface area contributed by atoms with E-state index in [0.29, 0.717) is 0 Å². The molecule has 0 radical (unpaired) electrons. The summed E-state index contributed by atoms with van der Waals surface area (Å²) >= 11 is 0. The highest BCUT2D eigenvalue weighted by atomic mass is 16.3. The fourth-order valence-electron chi connectivity index (χ4n) is 1.98. The van der Waals surface area contributed by atoms with Crippen molar-refractivity contribution >= 4 is 10.9 Å². The average Bonchev–Trinajstić information content (AvgIpc) is 2.82. The molecule has 3 aromatic rings. The first-order chi connectivity index (χ1) is 7.84. The largest absolute Gasteiger partial charge is 0.458 e. The van der Waals surface area contributed by atoms with E-state index >= 15 is 0 Å². The minimum atomic E-state index is 0.869. The van der Waals surface area contributed by atoms with E-state index in [1.807, 2.05) is 18.2 Å². The van der Waals surface area contributed by atoms with E-state index in [4.69, 9.17) is 4.42 Å². The van der Waals surface area contributed by atoms with Crippen LogP contribution in [-0.2, 0) is 0 Å². The number of fused-ring (bicyclic) bond motifs is 1. The van der Waals surface area contributed by atoms with E-state index in [-0.39, 0.29) is 0 Å². The summed E-state index contributed by atoms with van der Waals surface area (Å²) in [6.45, 7) is 2.11. The second-order valence-corrected chi connectivity index (χ2v) is 3.89. The summed E-state index contributed by atoms with van der Waals surface area (Å²) in [6.07, 6.45) is 1.69. The Morgan fingerprint density at radius 2 is 1.94 bits per heavy atom. The van der Waals surface area contributed by atoms with Crippen molar-refractivity contribution in [1.82, 2.24) is 0 Å². The van der Waals surface area contributed by atoms with E-state index in [9.17, 15) is 0 Å². The second-order valence-electron chi connectivity index (χ2n) is 3.89. The molecule has 0 amide bonds. The lowest BCUT2D eigenvalue weighted by atomic mass is 10.1. The van der Waals surface area contributed by atoms with Gasteiger partial charge in [-0.05, 0) is 30.7 Å². The van der Waals surface area contributed by atoms with E-state index in [1.165, 1.54) is 10.9 Å². The molecule has 2 heterocycles. The van der Waals surface area contributed by atoms with Crippen LogP contribution in [0.1, 0.15) is 5.56 Å². The Bertz CT molecular complexity index is 626. The number of furan rings is 1. The molecule has 0 atom stereocenters. The van der Waals surface area contributed by atoms with Gasteiger partial charge in [0, 0.05) is 17.5 Å². The molecule has 0 fully saturated rings. The minimum absolute atomic E-state index is 0.869. The quantitative estimate of drug-likeness (QED) is 0.606. The number of aromatic nitrogens is 1. The standard InChI is InChI=1S/C14H11NO/c1-10-9-13(14-7-4-8-16-14)15-12-6-3-2-5-11(10)12/h2-9H,1H3/p+1. The molecule has 1 aromatic carbocycles. The van der Waals surface area contributed by atoms with Crippen LogP contribution >= 0.6 is 0 Å². The normalized spacial score (nSPS) is 10.8. The Hall–Kier alpha value is -2.09. The van der Waals surface area contributed by atoms with Gasteiger partial charge in [-0.25, -0.2) is 4.98 Å². The van der Waals surface area contributed by atoms with Gasteiger partial charge in [-0.15, -0.1) is 0 Å². The molecule has 0 bridgehead atoms. The molecule has 0 aliphatic carbocycles. The number of benzene rings is 1. The molecule has 0 spiro atoms. The number of H-pyrrole nitrogens is 1. The van der Waals surface area contributed by atoms with Gasteiger partial charge in [0.15, 0.2) is 5.76 Å². The minimum Gasteiger partial charge on any atom is -0.458 e. The number of rotatable bonds is 1. The summed E-state index contributed by atoms with van der Waals surface area (Å²) < 4.78 is 5.39. The van der Waals surface area contributed by atoms with Crippen LogP contribution in [0.3, 0.4) is 0 Å². The number of para-hydroxylation sites is 1. The fourth-order valence-corrected chi connectivity index (χ4v) is 1.98. The van der Waals surface area contributed by atoms with Gasteiger partial charge >= 0.3 is 0 Å². The zero-order valence-electron chi connectivity index (χ0n) is 9.03. The molecule has 2 nitrogen and oxygen atoms in total. The number of aryl methyl sites for hydroxylation is 1. The Labute approximate surface area is 93.5 Å². The van der Waals surface area contributed by atoms with Gasteiger partial charge in [0.05, 0.1) is 6.26 Å². The third-order valence-electron chi connectivity index (χ3n) is 2.77. The molecular formula is C14H12NO+. The maximum atomic E-state index is 5.39. The molecule has 0 aliphatic heterocycles. The Balaban J connectivity index is 2.29. The van der Waals surface area contributed by atoms with Crippen molar-refractivity contribution in [3.05, 3.63) is 54.3 Å². The molecule has 78 valence electrons. The molecule has 2 heteroatoms. The molecule has 2 aromatic heterocycles. The van der Waals surface area contributed by atoms with Gasteiger partial charge in [-0.1, -0.05) is 12.1 Å². The van der Waals surface area contributed by atoms with Crippen LogP contribution in [0.5, 0.6) is 0 Å². The van der Waals surface area contributed by atoms with Crippen molar-refractivity contribution in [2.75, 3.05) is 0 Å². The van der Waals surface area contributed by atoms with Crippen LogP contribution < -0.4 is 4.98 Å². The highest BCUT2D eigenvalue weighted by Crippen LogP contribution is 2.20. The first-order valence-corrected chi connectivity index (χ1v) is 5.30. The lowest BCUT2D eigenvalue weighted by Crippen LogP contribution is -2.08. The molecule has 0 saturated heterocycles. The zero-order valence-corrected chi connectivity index (χ0v) is 9.03. The Kier molecular flexibility index (Phi) is 2.00. The van der Waals surface area contributed by atoms with Gasteiger partial charge in [-0.3, -0.25) is 0 Å². The summed E-state index contributed by atoms with van der Waals surface area (Å²) in [5.41, 5.74) is 3.40. The lowest BCUT2D eigenvalue weighted by Gasteiger charge is -1.98. The Morgan fingerprint density at radius 3 is 2.75 bits per heavy atom. The topological polar surface area (TPSA) is 27.3 Å². The third kappa shape index (κ3) is 1.39. The van der Waals surface area contributed by atoms with Crippen molar-refractivity contribution in [3.8, 4) is 11.5 Å². The summed E-state index contributed by atoms with van der Waals surface area (Å²) in [6, 6.07) is 14.2. The van der Waals surface area contributed by atoms with Crippen LogP contribution in [0, 0.1) is 6.92 Å².